The second-order valence-electron chi connectivity index (χ2n) is 2.93. The van der Waals surface area contributed by atoms with Crippen LogP contribution in [0, 0.1) is 5.82 Å². The Bertz CT molecular complexity index is 436. The monoisotopic (exact) mass is 208 g/mol. The Kier molecular flexibility index (Phi) is 2.61. The van der Waals surface area contributed by atoms with Crippen LogP contribution in [-0.2, 0) is 6.61 Å². The van der Waals surface area contributed by atoms with Crippen LogP contribution in [-0.4, -0.2) is 5.11 Å². The maximum absolute atomic E-state index is 12.9. The van der Waals surface area contributed by atoms with Crippen LogP contribution in [0.2, 0.25) is 0 Å². The van der Waals surface area contributed by atoms with Gasteiger partial charge in [-0.15, -0.1) is 11.3 Å². The first-order valence-electron chi connectivity index (χ1n) is 4.25. The zero-order valence-electron chi connectivity index (χ0n) is 7.40. The van der Waals surface area contributed by atoms with Crippen molar-refractivity contribution in [2.75, 3.05) is 0 Å². The standard InChI is InChI=1S/C11H9FOS/c12-9-3-1-2-8(6-9)11-5-4-10(7-13)14-11/h1-6,13H,7H2. The van der Waals surface area contributed by atoms with E-state index >= 15 is 0 Å². The molecule has 1 heterocycles. The Morgan fingerprint density at radius 1 is 1.21 bits per heavy atom. The predicted molar refractivity (Wildman–Crippen MR) is 55.6 cm³/mol. The minimum absolute atomic E-state index is 0.0416. The van der Waals surface area contributed by atoms with E-state index in [1.165, 1.54) is 23.5 Å². The fourth-order valence-corrected chi connectivity index (χ4v) is 2.12. The smallest absolute Gasteiger partial charge is 0.123 e. The molecule has 0 atom stereocenters. The van der Waals surface area contributed by atoms with E-state index in [9.17, 15) is 4.39 Å². The number of benzene rings is 1. The van der Waals surface area contributed by atoms with Crippen molar-refractivity contribution >= 4 is 11.3 Å². The van der Waals surface area contributed by atoms with Gasteiger partial charge in [-0.2, -0.15) is 0 Å². The van der Waals surface area contributed by atoms with Crippen LogP contribution in [0.4, 0.5) is 4.39 Å². The summed E-state index contributed by atoms with van der Waals surface area (Å²) in [5.41, 5.74) is 0.856. The Balaban J connectivity index is 2.39. The molecule has 0 aliphatic rings. The van der Waals surface area contributed by atoms with Gasteiger partial charge in [-0.1, -0.05) is 12.1 Å². The molecule has 14 heavy (non-hydrogen) atoms. The molecule has 1 aromatic carbocycles. The lowest BCUT2D eigenvalue weighted by Crippen LogP contribution is -1.75. The molecule has 0 spiro atoms. The molecule has 2 rings (SSSR count). The molecule has 0 aliphatic heterocycles. The van der Waals surface area contributed by atoms with Crippen molar-refractivity contribution in [2.24, 2.45) is 0 Å². The molecule has 1 N–H and O–H groups in total. The number of hydrogen-bond acceptors (Lipinski definition) is 2. The summed E-state index contributed by atoms with van der Waals surface area (Å²) in [5, 5.41) is 8.89. The predicted octanol–water partition coefficient (Wildman–Crippen LogP) is 3.05. The Morgan fingerprint density at radius 2 is 2.07 bits per heavy atom. The molecule has 72 valence electrons. The highest BCUT2D eigenvalue weighted by atomic mass is 32.1. The zero-order chi connectivity index (χ0) is 9.97. The molecule has 3 heteroatoms. The van der Waals surface area contributed by atoms with Crippen LogP contribution in [0.15, 0.2) is 36.4 Å². The molecule has 0 aliphatic carbocycles. The molecule has 0 radical (unpaired) electrons. The highest BCUT2D eigenvalue weighted by molar-refractivity contribution is 7.15. The second-order valence-corrected chi connectivity index (χ2v) is 4.10. The average molecular weight is 208 g/mol. The van der Waals surface area contributed by atoms with Crippen molar-refractivity contribution in [3.05, 3.63) is 47.1 Å². The molecule has 1 aromatic heterocycles. The first-order chi connectivity index (χ1) is 6.79. The highest BCUT2D eigenvalue weighted by Crippen LogP contribution is 2.28. The van der Waals surface area contributed by atoms with E-state index in [-0.39, 0.29) is 12.4 Å². The molecule has 0 unspecified atom stereocenters. The quantitative estimate of drug-likeness (QED) is 0.804. The molecular formula is C11H9FOS. The summed E-state index contributed by atoms with van der Waals surface area (Å²) in [6.45, 7) is 0.0416. The number of halogens is 1. The summed E-state index contributed by atoms with van der Waals surface area (Å²) in [7, 11) is 0. The third-order valence-corrected chi connectivity index (χ3v) is 3.05. The highest BCUT2D eigenvalue weighted by Gasteiger charge is 2.02. The largest absolute Gasteiger partial charge is 0.391 e. The lowest BCUT2D eigenvalue weighted by Gasteiger charge is -1.96. The summed E-state index contributed by atoms with van der Waals surface area (Å²) >= 11 is 1.48. The fourth-order valence-electron chi connectivity index (χ4n) is 1.26. The van der Waals surface area contributed by atoms with E-state index in [4.69, 9.17) is 5.11 Å². The van der Waals surface area contributed by atoms with Crippen molar-refractivity contribution in [1.29, 1.82) is 0 Å². The molecular weight excluding hydrogens is 199 g/mol. The minimum Gasteiger partial charge on any atom is -0.391 e. The van der Waals surface area contributed by atoms with Crippen molar-refractivity contribution in [3.8, 4) is 10.4 Å². The first kappa shape index (κ1) is 9.37. The van der Waals surface area contributed by atoms with Gasteiger partial charge in [-0.3, -0.25) is 0 Å². The third kappa shape index (κ3) is 1.84. The van der Waals surface area contributed by atoms with Gasteiger partial charge >= 0.3 is 0 Å². The van der Waals surface area contributed by atoms with Gasteiger partial charge in [0.1, 0.15) is 5.82 Å². The van der Waals surface area contributed by atoms with E-state index in [0.29, 0.717) is 0 Å². The maximum Gasteiger partial charge on any atom is 0.123 e. The summed E-state index contributed by atoms with van der Waals surface area (Å²) in [5.74, 6) is -0.235. The zero-order valence-corrected chi connectivity index (χ0v) is 8.22. The van der Waals surface area contributed by atoms with Crippen LogP contribution in [0.25, 0.3) is 10.4 Å². The molecule has 2 aromatic rings. The van der Waals surface area contributed by atoms with Crippen LogP contribution in [0.3, 0.4) is 0 Å². The Morgan fingerprint density at radius 3 is 2.71 bits per heavy atom. The van der Waals surface area contributed by atoms with Crippen molar-refractivity contribution in [1.82, 2.24) is 0 Å². The van der Waals surface area contributed by atoms with Crippen molar-refractivity contribution < 1.29 is 9.50 Å². The molecule has 0 amide bonds. The summed E-state index contributed by atoms with van der Waals surface area (Å²) < 4.78 is 12.9. The average Bonchev–Trinajstić information content (AvgIpc) is 2.66. The third-order valence-electron chi connectivity index (χ3n) is 1.93. The molecule has 0 bridgehead atoms. The van der Waals surface area contributed by atoms with E-state index in [1.54, 1.807) is 6.07 Å². The summed E-state index contributed by atoms with van der Waals surface area (Å²) in [4.78, 5) is 1.87. The SMILES string of the molecule is OCc1ccc(-c2cccc(F)c2)s1. The van der Waals surface area contributed by atoms with Crippen molar-refractivity contribution in [2.45, 2.75) is 6.61 Å². The lowest BCUT2D eigenvalue weighted by molar-refractivity contribution is 0.285. The van der Waals surface area contributed by atoms with Crippen LogP contribution >= 0.6 is 11.3 Å². The van der Waals surface area contributed by atoms with Gasteiger partial charge < -0.3 is 5.11 Å². The second kappa shape index (κ2) is 3.90. The maximum atomic E-state index is 12.9. The molecule has 0 saturated heterocycles. The van der Waals surface area contributed by atoms with Gasteiger partial charge in [0.2, 0.25) is 0 Å². The number of thiophene rings is 1. The number of aliphatic hydroxyl groups is 1. The topological polar surface area (TPSA) is 20.2 Å². The van der Waals surface area contributed by atoms with Gasteiger partial charge in [-0.05, 0) is 29.8 Å². The Hall–Kier alpha value is -1.19. The van der Waals surface area contributed by atoms with Gasteiger partial charge in [0.05, 0.1) is 6.61 Å². The van der Waals surface area contributed by atoms with Crippen LogP contribution < -0.4 is 0 Å². The molecule has 0 fully saturated rings. The summed E-state index contributed by atoms with van der Waals surface area (Å²) in [6, 6.07) is 10.2. The minimum atomic E-state index is -0.235. The van der Waals surface area contributed by atoms with E-state index in [2.05, 4.69) is 0 Å². The first-order valence-corrected chi connectivity index (χ1v) is 5.07. The normalized spacial score (nSPS) is 10.4. The van der Waals surface area contributed by atoms with E-state index in [1.807, 2.05) is 18.2 Å². The number of hydrogen-bond donors (Lipinski definition) is 1. The molecule has 0 saturated carbocycles. The van der Waals surface area contributed by atoms with Crippen molar-refractivity contribution in [3.63, 3.8) is 0 Å². The summed E-state index contributed by atoms with van der Waals surface area (Å²) in [6.07, 6.45) is 0. The van der Waals surface area contributed by atoms with Gasteiger partial charge in [0, 0.05) is 9.75 Å². The van der Waals surface area contributed by atoms with Gasteiger partial charge in [0.15, 0.2) is 0 Å². The number of rotatable bonds is 2. The lowest BCUT2D eigenvalue weighted by atomic mass is 10.2. The number of aliphatic hydroxyl groups excluding tert-OH is 1. The Labute approximate surface area is 85.5 Å². The van der Waals surface area contributed by atoms with Crippen LogP contribution in [0.1, 0.15) is 4.88 Å². The van der Waals surface area contributed by atoms with E-state index < -0.39 is 0 Å². The van der Waals surface area contributed by atoms with Gasteiger partial charge in [-0.25, -0.2) is 4.39 Å². The van der Waals surface area contributed by atoms with Crippen LogP contribution in [0.5, 0.6) is 0 Å². The van der Waals surface area contributed by atoms with Gasteiger partial charge in [0.25, 0.3) is 0 Å². The fraction of sp³-hybridized carbons (Fsp3) is 0.0909. The van der Waals surface area contributed by atoms with E-state index in [0.717, 1.165) is 15.3 Å². The molecule has 1 nitrogen and oxygen atoms in total.